The van der Waals surface area contributed by atoms with Crippen LogP contribution in [0.2, 0.25) is 0 Å². The summed E-state index contributed by atoms with van der Waals surface area (Å²) < 4.78 is 10.5. The second-order valence-electron chi connectivity index (χ2n) is 5.94. The van der Waals surface area contributed by atoms with Gasteiger partial charge in [-0.3, -0.25) is 9.89 Å². The Kier molecular flexibility index (Phi) is 5.02. The fraction of sp³-hybridized carbons (Fsp3) is 0.389. The highest BCUT2D eigenvalue weighted by molar-refractivity contribution is 6.01. The van der Waals surface area contributed by atoms with E-state index >= 15 is 0 Å². The molecule has 0 unspecified atom stereocenters. The Morgan fingerprint density at radius 1 is 1.20 bits per heavy atom. The van der Waals surface area contributed by atoms with E-state index in [0.29, 0.717) is 22.9 Å². The molecule has 0 aliphatic heterocycles. The van der Waals surface area contributed by atoms with Crippen LogP contribution in [0.3, 0.4) is 0 Å². The van der Waals surface area contributed by atoms with E-state index in [-0.39, 0.29) is 5.91 Å². The highest BCUT2D eigenvalue weighted by Crippen LogP contribution is 2.27. The number of ether oxygens (including phenoxy) is 2. The molecule has 1 aliphatic rings. The zero-order valence-electron chi connectivity index (χ0n) is 14.7. The van der Waals surface area contributed by atoms with Crippen LogP contribution in [0.15, 0.2) is 23.3 Å². The molecule has 0 atom stereocenters. The van der Waals surface area contributed by atoms with Gasteiger partial charge in [-0.2, -0.15) is 10.2 Å². The second-order valence-corrected chi connectivity index (χ2v) is 5.94. The quantitative estimate of drug-likeness (QED) is 0.645. The Morgan fingerprint density at radius 3 is 2.72 bits per heavy atom. The number of carbonyl (C=O) groups excluding carboxylic acids is 1. The monoisotopic (exact) mass is 342 g/mol. The largest absolute Gasteiger partial charge is 0.493 e. The lowest BCUT2D eigenvalue weighted by Crippen LogP contribution is -2.21. The summed E-state index contributed by atoms with van der Waals surface area (Å²) in [5.41, 5.74) is 6.62. The predicted octanol–water partition coefficient (Wildman–Crippen LogP) is 2.46. The Bertz CT molecular complexity index is 811. The molecule has 1 heterocycles. The van der Waals surface area contributed by atoms with E-state index in [1.807, 2.05) is 19.1 Å². The van der Waals surface area contributed by atoms with E-state index in [0.717, 1.165) is 42.5 Å². The Hall–Kier alpha value is -2.83. The van der Waals surface area contributed by atoms with E-state index in [1.54, 1.807) is 20.3 Å². The zero-order chi connectivity index (χ0) is 17.8. The number of nitrogens with one attached hydrogen (secondary N) is 2. The molecule has 1 aromatic carbocycles. The first-order valence-electron chi connectivity index (χ1n) is 8.27. The summed E-state index contributed by atoms with van der Waals surface area (Å²) >= 11 is 0. The molecular formula is C18H22N4O3. The molecule has 2 aromatic rings. The first kappa shape index (κ1) is 17.0. The molecule has 132 valence electrons. The zero-order valence-corrected chi connectivity index (χ0v) is 14.7. The van der Waals surface area contributed by atoms with Crippen molar-refractivity contribution in [1.82, 2.24) is 15.6 Å². The first-order valence-corrected chi connectivity index (χ1v) is 8.27. The minimum Gasteiger partial charge on any atom is -0.493 e. The molecule has 1 aliphatic carbocycles. The SMILES string of the molecule is COc1ccc(/C(C)=N\NC(=O)c2n[nH]c3c2CCCC3)cc1OC. The smallest absolute Gasteiger partial charge is 0.292 e. The number of hydrogen-bond acceptors (Lipinski definition) is 5. The Morgan fingerprint density at radius 2 is 1.96 bits per heavy atom. The molecule has 0 saturated heterocycles. The molecule has 0 bridgehead atoms. The number of benzene rings is 1. The van der Waals surface area contributed by atoms with Crippen LogP contribution in [0.4, 0.5) is 0 Å². The van der Waals surface area contributed by atoms with Crippen LogP contribution < -0.4 is 14.9 Å². The third-order valence-electron chi connectivity index (χ3n) is 4.40. The highest BCUT2D eigenvalue weighted by Gasteiger charge is 2.21. The molecule has 0 radical (unpaired) electrons. The average molecular weight is 342 g/mol. The lowest BCUT2D eigenvalue weighted by Gasteiger charge is -2.11. The van der Waals surface area contributed by atoms with Crippen molar-refractivity contribution < 1.29 is 14.3 Å². The fourth-order valence-corrected chi connectivity index (χ4v) is 2.98. The summed E-state index contributed by atoms with van der Waals surface area (Å²) in [6, 6.07) is 5.49. The average Bonchev–Trinajstić information content (AvgIpc) is 3.09. The van der Waals surface area contributed by atoms with Gasteiger partial charge < -0.3 is 9.47 Å². The molecule has 0 spiro atoms. The van der Waals surface area contributed by atoms with Crippen molar-refractivity contribution in [2.45, 2.75) is 32.6 Å². The van der Waals surface area contributed by atoms with Gasteiger partial charge in [-0.05, 0) is 50.8 Å². The van der Waals surface area contributed by atoms with Crippen molar-refractivity contribution >= 4 is 11.6 Å². The van der Waals surface area contributed by atoms with Crippen molar-refractivity contribution in [3.63, 3.8) is 0 Å². The number of carbonyl (C=O) groups is 1. The summed E-state index contributed by atoms with van der Waals surface area (Å²) in [6.45, 7) is 1.82. The van der Waals surface area contributed by atoms with Gasteiger partial charge in [0.25, 0.3) is 5.91 Å². The van der Waals surface area contributed by atoms with E-state index < -0.39 is 0 Å². The van der Waals surface area contributed by atoms with Crippen molar-refractivity contribution in [3.05, 3.63) is 40.7 Å². The van der Waals surface area contributed by atoms with Crippen molar-refractivity contribution in [2.75, 3.05) is 14.2 Å². The number of aromatic nitrogens is 2. The number of aromatic amines is 1. The van der Waals surface area contributed by atoms with Gasteiger partial charge in [0, 0.05) is 16.8 Å². The van der Waals surface area contributed by atoms with E-state index in [2.05, 4.69) is 20.7 Å². The van der Waals surface area contributed by atoms with Gasteiger partial charge in [0.15, 0.2) is 17.2 Å². The second kappa shape index (κ2) is 7.38. The topological polar surface area (TPSA) is 88.6 Å². The van der Waals surface area contributed by atoms with Gasteiger partial charge in [0.1, 0.15) is 0 Å². The Balaban J connectivity index is 1.75. The first-order chi connectivity index (χ1) is 12.1. The molecule has 3 rings (SSSR count). The summed E-state index contributed by atoms with van der Waals surface area (Å²) in [6.07, 6.45) is 4.05. The number of hydrogen-bond donors (Lipinski definition) is 2. The van der Waals surface area contributed by atoms with Crippen LogP contribution >= 0.6 is 0 Å². The number of methoxy groups -OCH3 is 2. The number of rotatable bonds is 5. The number of aryl methyl sites for hydroxylation is 1. The predicted molar refractivity (Wildman–Crippen MR) is 94.5 cm³/mol. The number of fused-ring (bicyclic) bond motifs is 1. The fourth-order valence-electron chi connectivity index (χ4n) is 2.98. The van der Waals surface area contributed by atoms with Gasteiger partial charge in [0.05, 0.1) is 19.9 Å². The molecule has 25 heavy (non-hydrogen) atoms. The normalized spacial score (nSPS) is 14.0. The molecule has 2 N–H and O–H groups in total. The lowest BCUT2D eigenvalue weighted by molar-refractivity contribution is 0.0948. The highest BCUT2D eigenvalue weighted by atomic mass is 16.5. The Labute approximate surface area is 146 Å². The van der Waals surface area contributed by atoms with Crippen LogP contribution in [0.1, 0.15) is 47.1 Å². The maximum Gasteiger partial charge on any atom is 0.292 e. The van der Waals surface area contributed by atoms with Gasteiger partial charge >= 0.3 is 0 Å². The number of H-pyrrole nitrogens is 1. The molecule has 0 fully saturated rings. The molecule has 1 amide bonds. The summed E-state index contributed by atoms with van der Waals surface area (Å²) in [7, 11) is 3.17. The van der Waals surface area contributed by atoms with Crippen molar-refractivity contribution in [3.8, 4) is 11.5 Å². The minimum absolute atomic E-state index is 0.292. The molecular weight excluding hydrogens is 320 g/mol. The van der Waals surface area contributed by atoms with Crippen LogP contribution in [0.5, 0.6) is 11.5 Å². The van der Waals surface area contributed by atoms with Crippen molar-refractivity contribution in [2.24, 2.45) is 5.10 Å². The van der Waals surface area contributed by atoms with Gasteiger partial charge in [-0.1, -0.05) is 0 Å². The van der Waals surface area contributed by atoms with E-state index in [9.17, 15) is 4.79 Å². The molecule has 7 nitrogen and oxygen atoms in total. The summed E-state index contributed by atoms with van der Waals surface area (Å²) in [5.74, 6) is 0.965. The summed E-state index contributed by atoms with van der Waals surface area (Å²) in [4.78, 5) is 12.4. The van der Waals surface area contributed by atoms with Crippen LogP contribution in [-0.2, 0) is 12.8 Å². The third kappa shape index (κ3) is 3.50. The van der Waals surface area contributed by atoms with E-state index in [1.165, 1.54) is 0 Å². The molecule has 1 aromatic heterocycles. The van der Waals surface area contributed by atoms with E-state index in [4.69, 9.17) is 9.47 Å². The minimum atomic E-state index is -0.292. The third-order valence-corrected chi connectivity index (χ3v) is 4.40. The lowest BCUT2D eigenvalue weighted by atomic mass is 9.96. The van der Waals surface area contributed by atoms with Crippen LogP contribution in [0, 0.1) is 0 Å². The van der Waals surface area contributed by atoms with Crippen LogP contribution in [0.25, 0.3) is 0 Å². The van der Waals surface area contributed by atoms with Gasteiger partial charge in [-0.25, -0.2) is 5.43 Å². The number of hydrazone groups is 1. The standard InChI is InChI=1S/C18H22N4O3/c1-11(12-8-9-15(24-2)16(10-12)25-3)19-22-18(23)17-13-6-4-5-7-14(13)20-21-17/h8-10H,4-7H2,1-3H3,(H,20,21)(H,22,23)/b19-11-. The maximum atomic E-state index is 12.4. The van der Waals surface area contributed by atoms with Crippen LogP contribution in [-0.4, -0.2) is 36.0 Å². The maximum absolute atomic E-state index is 12.4. The number of nitrogens with zero attached hydrogens (tertiary/aromatic N) is 2. The number of amides is 1. The van der Waals surface area contributed by atoms with Gasteiger partial charge in [-0.15, -0.1) is 0 Å². The van der Waals surface area contributed by atoms with Crippen molar-refractivity contribution in [1.29, 1.82) is 0 Å². The molecule has 7 heteroatoms. The summed E-state index contributed by atoms with van der Waals surface area (Å²) in [5, 5.41) is 11.3. The molecule has 0 saturated carbocycles. The van der Waals surface area contributed by atoms with Gasteiger partial charge in [0.2, 0.25) is 0 Å².